The van der Waals surface area contributed by atoms with Crippen molar-refractivity contribution in [2.24, 2.45) is 0 Å². The van der Waals surface area contributed by atoms with Crippen molar-refractivity contribution in [1.29, 1.82) is 0 Å². The summed E-state index contributed by atoms with van der Waals surface area (Å²) >= 11 is 1.45. The van der Waals surface area contributed by atoms with E-state index in [1.54, 1.807) is 13.0 Å². The van der Waals surface area contributed by atoms with Gasteiger partial charge in [-0.3, -0.25) is 9.59 Å². The van der Waals surface area contributed by atoms with Crippen LogP contribution in [0.5, 0.6) is 0 Å². The van der Waals surface area contributed by atoms with Crippen LogP contribution in [0.1, 0.15) is 37.0 Å². The lowest BCUT2D eigenvalue weighted by Crippen LogP contribution is -2.15. The highest BCUT2D eigenvalue weighted by molar-refractivity contribution is 8.00. The summed E-state index contributed by atoms with van der Waals surface area (Å²) in [7, 11) is 0. The Kier molecular flexibility index (Phi) is 7.11. The predicted molar refractivity (Wildman–Crippen MR) is 125 cm³/mol. The van der Waals surface area contributed by atoms with Gasteiger partial charge in [-0.1, -0.05) is 43.8 Å². The summed E-state index contributed by atoms with van der Waals surface area (Å²) in [6.07, 6.45) is 1.27. The number of amides is 2. The number of anilines is 2. The highest BCUT2D eigenvalue weighted by Gasteiger charge is 2.11. The summed E-state index contributed by atoms with van der Waals surface area (Å²) < 4.78 is 0. The smallest absolute Gasteiger partial charge is 0.234 e. The Hall–Kier alpha value is -2.86. The molecule has 0 saturated heterocycles. The second-order valence-corrected chi connectivity index (χ2v) is 8.23. The van der Waals surface area contributed by atoms with Gasteiger partial charge in [-0.2, -0.15) is 0 Å². The van der Waals surface area contributed by atoms with Crippen LogP contribution < -0.4 is 10.6 Å². The third kappa shape index (κ3) is 5.39. The van der Waals surface area contributed by atoms with Gasteiger partial charge >= 0.3 is 0 Å². The van der Waals surface area contributed by atoms with E-state index in [9.17, 15) is 9.59 Å². The average Bonchev–Trinajstić information content (AvgIpc) is 2.73. The number of aryl methyl sites for hydroxylation is 3. The molecule has 0 atom stereocenters. The van der Waals surface area contributed by atoms with Crippen molar-refractivity contribution >= 4 is 45.9 Å². The van der Waals surface area contributed by atoms with Gasteiger partial charge in [-0.25, -0.2) is 4.98 Å². The second kappa shape index (κ2) is 9.76. The lowest BCUT2D eigenvalue weighted by molar-refractivity contribution is -0.116. The number of nitrogens with one attached hydrogen (secondary N) is 2. The summed E-state index contributed by atoms with van der Waals surface area (Å²) in [5, 5.41) is 7.79. The van der Waals surface area contributed by atoms with E-state index < -0.39 is 0 Å². The first-order valence-electron chi connectivity index (χ1n) is 10.1. The molecule has 156 valence electrons. The average molecular weight is 422 g/mol. The Morgan fingerprint density at radius 3 is 2.50 bits per heavy atom. The van der Waals surface area contributed by atoms with E-state index in [4.69, 9.17) is 4.98 Å². The van der Waals surface area contributed by atoms with Crippen LogP contribution in [0.3, 0.4) is 0 Å². The SMILES string of the molecule is CCC(=O)Nc1cc(NC(=O)CSc2nc3cc(C)ccc3cc2CC)ccc1C. The van der Waals surface area contributed by atoms with Crippen LogP contribution in [0, 0.1) is 13.8 Å². The van der Waals surface area contributed by atoms with E-state index in [-0.39, 0.29) is 17.6 Å². The lowest BCUT2D eigenvalue weighted by atomic mass is 10.1. The molecule has 0 bridgehead atoms. The summed E-state index contributed by atoms with van der Waals surface area (Å²) in [5.74, 6) is 0.105. The van der Waals surface area contributed by atoms with E-state index in [2.05, 4.69) is 41.8 Å². The molecule has 1 aromatic heterocycles. The zero-order valence-electron chi connectivity index (χ0n) is 17.8. The molecule has 3 rings (SSSR count). The topological polar surface area (TPSA) is 71.1 Å². The molecular weight excluding hydrogens is 394 g/mol. The molecular formula is C24H27N3O2S. The Morgan fingerprint density at radius 2 is 1.77 bits per heavy atom. The van der Waals surface area contributed by atoms with Crippen molar-refractivity contribution in [3.8, 4) is 0 Å². The van der Waals surface area contributed by atoms with Gasteiger partial charge in [0.2, 0.25) is 11.8 Å². The highest BCUT2D eigenvalue weighted by atomic mass is 32.2. The van der Waals surface area contributed by atoms with Gasteiger partial charge in [-0.05, 0) is 61.2 Å². The normalized spacial score (nSPS) is 10.8. The van der Waals surface area contributed by atoms with Crippen LogP contribution in [0.25, 0.3) is 10.9 Å². The largest absolute Gasteiger partial charge is 0.326 e. The van der Waals surface area contributed by atoms with E-state index in [0.717, 1.165) is 33.5 Å². The van der Waals surface area contributed by atoms with Gasteiger partial charge in [0.25, 0.3) is 0 Å². The van der Waals surface area contributed by atoms with Gasteiger partial charge < -0.3 is 10.6 Å². The molecule has 0 aliphatic carbocycles. The quantitative estimate of drug-likeness (QED) is 0.495. The molecule has 0 fully saturated rings. The Morgan fingerprint density at radius 1 is 0.967 bits per heavy atom. The molecule has 0 aliphatic rings. The van der Waals surface area contributed by atoms with E-state index in [1.165, 1.54) is 17.3 Å². The van der Waals surface area contributed by atoms with Crippen LogP contribution in [0.2, 0.25) is 0 Å². The van der Waals surface area contributed by atoms with E-state index in [1.807, 2.05) is 26.0 Å². The molecule has 0 spiro atoms. The molecule has 30 heavy (non-hydrogen) atoms. The van der Waals surface area contributed by atoms with Crippen LogP contribution in [-0.2, 0) is 16.0 Å². The fourth-order valence-corrected chi connectivity index (χ4v) is 3.98. The van der Waals surface area contributed by atoms with Crippen molar-refractivity contribution in [3.05, 3.63) is 59.2 Å². The first-order valence-corrected chi connectivity index (χ1v) is 11.1. The highest BCUT2D eigenvalue weighted by Crippen LogP contribution is 2.27. The van der Waals surface area contributed by atoms with Gasteiger partial charge in [0.15, 0.2) is 0 Å². The van der Waals surface area contributed by atoms with Crippen molar-refractivity contribution in [1.82, 2.24) is 4.98 Å². The minimum atomic E-state index is -0.107. The summed E-state index contributed by atoms with van der Waals surface area (Å²) in [5.41, 5.74) is 5.59. The van der Waals surface area contributed by atoms with Crippen molar-refractivity contribution in [2.75, 3.05) is 16.4 Å². The third-order valence-corrected chi connectivity index (χ3v) is 5.88. The van der Waals surface area contributed by atoms with Crippen molar-refractivity contribution in [3.63, 3.8) is 0 Å². The number of fused-ring (bicyclic) bond motifs is 1. The molecule has 3 aromatic rings. The molecule has 2 N–H and O–H groups in total. The van der Waals surface area contributed by atoms with E-state index in [0.29, 0.717) is 17.8 Å². The van der Waals surface area contributed by atoms with E-state index >= 15 is 0 Å². The number of thioether (sulfide) groups is 1. The number of benzene rings is 2. The number of hydrogen-bond donors (Lipinski definition) is 2. The third-order valence-electron chi connectivity index (χ3n) is 4.85. The lowest BCUT2D eigenvalue weighted by Gasteiger charge is -2.12. The molecule has 6 heteroatoms. The van der Waals surface area contributed by atoms with Gasteiger partial charge in [-0.15, -0.1) is 0 Å². The van der Waals surface area contributed by atoms with Crippen molar-refractivity contribution in [2.45, 2.75) is 45.6 Å². The Labute approximate surface area is 181 Å². The molecule has 0 unspecified atom stereocenters. The van der Waals surface area contributed by atoms with Crippen LogP contribution in [0.15, 0.2) is 47.5 Å². The monoisotopic (exact) mass is 421 g/mol. The number of rotatable bonds is 7. The van der Waals surface area contributed by atoms with Gasteiger partial charge in [0, 0.05) is 23.2 Å². The summed E-state index contributed by atoms with van der Waals surface area (Å²) in [4.78, 5) is 29.0. The molecule has 0 aliphatic heterocycles. The zero-order chi connectivity index (χ0) is 21.7. The fraction of sp³-hybridized carbons (Fsp3) is 0.292. The number of carbonyl (C=O) groups is 2. The van der Waals surface area contributed by atoms with Crippen LogP contribution >= 0.6 is 11.8 Å². The molecule has 2 aromatic carbocycles. The first kappa shape index (κ1) is 21.8. The molecule has 5 nitrogen and oxygen atoms in total. The first-order chi connectivity index (χ1) is 14.4. The molecule has 0 radical (unpaired) electrons. The Bertz CT molecular complexity index is 1100. The summed E-state index contributed by atoms with van der Waals surface area (Å²) in [6.45, 7) is 7.87. The fourth-order valence-electron chi connectivity index (χ4n) is 3.09. The number of carbonyl (C=O) groups excluding carboxylic acids is 2. The van der Waals surface area contributed by atoms with Gasteiger partial charge in [0.05, 0.1) is 11.3 Å². The van der Waals surface area contributed by atoms with Crippen LogP contribution in [0.4, 0.5) is 11.4 Å². The number of hydrogen-bond acceptors (Lipinski definition) is 4. The maximum absolute atomic E-state index is 12.5. The molecule has 2 amide bonds. The maximum Gasteiger partial charge on any atom is 0.234 e. The second-order valence-electron chi connectivity index (χ2n) is 7.27. The summed E-state index contributed by atoms with van der Waals surface area (Å²) in [6, 6.07) is 13.9. The number of pyridine rings is 1. The standard InChI is InChI=1S/C24H27N3O2S/c1-5-17-12-18-9-7-15(3)11-21(18)27-24(17)30-14-23(29)25-19-10-8-16(4)20(13-19)26-22(28)6-2/h7-13H,5-6,14H2,1-4H3,(H,25,29)(H,26,28). The number of nitrogens with zero attached hydrogens (tertiary/aromatic N) is 1. The maximum atomic E-state index is 12.5. The molecule has 0 saturated carbocycles. The predicted octanol–water partition coefficient (Wildman–Crippen LogP) is 5.49. The molecule has 1 heterocycles. The van der Waals surface area contributed by atoms with Crippen molar-refractivity contribution < 1.29 is 9.59 Å². The minimum absolute atomic E-state index is 0.0538. The van der Waals surface area contributed by atoms with Crippen LogP contribution in [-0.4, -0.2) is 22.6 Å². The minimum Gasteiger partial charge on any atom is -0.326 e. The Balaban J connectivity index is 1.70. The zero-order valence-corrected chi connectivity index (χ0v) is 18.7. The number of aromatic nitrogens is 1. The van der Waals surface area contributed by atoms with Gasteiger partial charge in [0.1, 0.15) is 5.03 Å².